The number of rotatable bonds is 5. The van der Waals surface area contributed by atoms with Gasteiger partial charge in [0, 0.05) is 19.3 Å². The van der Waals surface area contributed by atoms with Gasteiger partial charge in [-0.2, -0.15) is 0 Å². The van der Waals surface area contributed by atoms with E-state index in [2.05, 4.69) is 10.3 Å². The van der Waals surface area contributed by atoms with E-state index in [1.807, 2.05) is 13.8 Å². The second-order valence-corrected chi connectivity index (χ2v) is 6.82. The lowest BCUT2D eigenvalue weighted by atomic mass is 9.94. The van der Waals surface area contributed by atoms with Crippen LogP contribution in [0.3, 0.4) is 0 Å². The van der Waals surface area contributed by atoms with Gasteiger partial charge < -0.3 is 16.0 Å². The zero-order valence-corrected chi connectivity index (χ0v) is 14.9. The van der Waals surface area contributed by atoms with Gasteiger partial charge >= 0.3 is 0 Å². The van der Waals surface area contributed by atoms with E-state index in [1.54, 1.807) is 17.0 Å². The Morgan fingerprint density at radius 3 is 2.88 bits per heavy atom. The topological polar surface area (TPSA) is 88.3 Å². The Labute approximate surface area is 147 Å². The third-order valence-electron chi connectivity index (χ3n) is 4.62. The van der Waals surface area contributed by atoms with Crippen molar-refractivity contribution in [3.05, 3.63) is 23.4 Å². The summed E-state index contributed by atoms with van der Waals surface area (Å²) in [6, 6.07) is 2.83. The van der Waals surface area contributed by atoms with Crippen LogP contribution in [0.2, 0.25) is 5.02 Å². The Morgan fingerprint density at radius 2 is 2.25 bits per heavy atom. The highest BCUT2D eigenvalue weighted by atomic mass is 35.5. The van der Waals surface area contributed by atoms with E-state index in [9.17, 15) is 9.59 Å². The van der Waals surface area contributed by atoms with Gasteiger partial charge in [-0.25, -0.2) is 4.98 Å². The zero-order chi connectivity index (χ0) is 17.7. The molecule has 1 saturated heterocycles. The summed E-state index contributed by atoms with van der Waals surface area (Å²) in [5, 5.41) is 3.30. The van der Waals surface area contributed by atoms with Gasteiger partial charge in [-0.3, -0.25) is 9.59 Å². The first-order valence-electron chi connectivity index (χ1n) is 8.39. The van der Waals surface area contributed by atoms with E-state index in [0.717, 1.165) is 19.3 Å². The average Bonchev–Trinajstić information content (AvgIpc) is 2.61. The summed E-state index contributed by atoms with van der Waals surface area (Å²) in [5.41, 5.74) is 6.05. The number of hydrogen-bond donors (Lipinski definition) is 2. The van der Waals surface area contributed by atoms with E-state index in [0.29, 0.717) is 23.9 Å². The standard InChI is InChI=1S/C17H25ClN4O2/c1-3-11(2)15(19)17(24)22-8-4-5-12(10-22)16(23)21-14-7-6-13(18)9-20-14/h6-7,9,11-12,15H,3-5,8,10,19H2,1-2H3,(H,20,21,23). The highest BCUT2D eigenvalue weighted by Crippen LogP contribution is 2.20. The van der Waals surface area contributed by atoms with Crippen molar-refractivity contribution < 1.29 is 9.59 Å². The van der Waals surface area contributed by atoms with Gasteiger partial charge in [0.2, 0.25) is 11.8 Å². The number of aromatic nitrogens is 1. The van der Waals surface area contributed by atoms with Crippen molar-refractivity contribution in [1.29, 1.82) is 0 Å². The summed E-state index contributed by atoms with van der Waals surface area (Å²) >= 11 is 5.79. The van der Waals surface area contributed by atoms with Crippen LogP contribution in [0.25, 0.3) is 0 Å². The van der Waals surface area contributed by atoms with Crippen LogP contribution in [0.4, 0.5) is 5.82 Å². The molecular formula is C17H25ClN4O2. The third kappa shape index (κ3) is 4.68. The van der Waals surface area contributed by atoms with Crippen molar-refractivity contribution in [2.45, 2.75) is 39.2 Å². The molecule has 1 aliphatic heterocycles. The Kier molecular flexibility index (Phi) is 6.57. The van der Waals surface area contributed by atoms with Crippen molar-refractivity contribution in [2.75, 3.05) is 18.4 Å². The zero-order valence-electron chi connectivity index (χ0n) is 14.2. The van der Waals surface area contributed by atoms with Crippen molar-refractivity contribution in [3.8, 4) is 0 Å². The number of carbonyl (C=O) groups excluding carboxylic acids is 2. The Balaban J connectivity index is 1.95. The second-order valence-electron chi connectivity index (χ2n) is 6.39. The molecule has 1 aromatic heterocycles. The number of halogens is 1. The van der Waals surface area contributed by atoms with Gasteiger partial charge in [0.05, 0.1) is 17.0 Å². The number of likely N-dealkylation sites (tertiary alicyclic amines) is 1. The van der Waals surface area contributed by atoms with Gasteiger partial charge in [-0.15, -0.1) is 0 Å². The first-order valence-corrected chi connectivity index (χ1v) is 8.77. The lowest BCUT2D eigenvalue weighted by Gasteiger charge is -2.34. The molecule has 0 aromatic carbocycles. The minimum Gasteiger partial charge on any atom is -0.341 e. The quantitative estimate of drug-likeness (QED) is 0.850. The lowest BCUT2D eigenvalue weighted by Crippen LogP contribution is -2.51. The van der Waals surface area contributed by atoms with Gasteiger partial charge in [0.15, 0.2) is 0 Å². The molecule has 1 aliphatic rings. The van der Waals surface area contributed by atoms with Crippen LogP contribution in [-0.2, 0) is 9.59 Å². The molecule has 0 spiro atoms. The van der Waals surface area contributed by atoms with Crippen LogP contribution < -0.4 is 11.1 Å². The summed E-state index contributed by atoms with van der Waals surface area (Å²) in [4.78, 5) is 30.7. The first-order chi connectivity index (χ1) is 11.4. The molecule has 0 saturated carbocycles. The molecule has 132 valence electrons. The molecule has 2 rings (SSSR count). The number of hydrogen-bond acceptors (Lipinski definition) is 4. The number of amides is 2. The van der Waals surface area contributed by atoms with E-state index < -0.39 is 6.04 Å². The molecule has 1 fully saturated rings. The fraction of sp³-hybridized carbons (Fsp3) is 0.588. The molecule has 2 amide bonds. The molecule has 3 atom stereocenters. The molecule has 0 bridgehead atoms. The number of pyridine rings is 1. The normalized spacial score (nSPS) is 20.3. The van der Waals surface area contributed by atoms with Crippen LogP contribution in [-0.4, -0.2) is 40.8 Å². The van der Waals surface area contributed by atoms with E-state index in [4.69, 9.17) is 17.3 Å². The molecule has 0 aliphatic carbocycles. The van der Waals surface area contributed by atoms with Crippen LogP contribution in [0, 0.1) is 11.8 Å². The first kappa shape index (κ1) is 18.7. The second kappa shape index (κ2) is 8.44. The molecule has 1 aromatic rings. The predicted molar refractivity (Wildman–Crippen MR) is 94.6 cm³/mol. The molecule has 3 unspecified atom stereocenters. The maximum Gasteiger partial charge on any atom is 0.239 e. The largest absolute Gasteiger partial charge is 0.341 e. The highest BCUT2D eigenvalue weighted by Gasteiger charge is 2.32. The summed E-state index contributed by atoms with van der Waals surface area (Å²) in [5.74, 6) is 0.157. The number of nitrogens with two attached hydrogens (primary N) is 1. The molecule has 6 nitrogen and oxygen atoms in total. The fourth-order valence-electron chi connectivity index (χ4n) is 2.78. The molecule has 3 N–H and O–H groups in total. The maximum absolute atomic E-state index is 12.5. The van der Waals surface area contributed by atoms with Crippen molar-refractivity contribution in [2.24, 2.45) is 17.6 Å². The molecule has 2 heterocycles. The Bertz CT molecular complexity index is 578. The van der Waals surface area contributed by atoms with Gasteiger partial charge in [0.25, 0.3) is 0 Å². The number of nitrogens with zero attached hydrogens (tertiary/aromatic N) is 2. The van der Waals surface area contributed by atoms with E-state index >= 15 is 0 Å². The molecule has 24 heavy (non-hydrogen) atoms. The number of nitrogens with one attached hydrogen (secondary N) is 1. The Morgan fingerprint density at radius 1 is 1.50 bits per heavy atom. The SMILES string of the molecule is CCC(C)C(N)C(=O)N1CCCC(C(=O)Nc2ccc(Cl)cn2)C1. The van der Waals surface area contributed by atoms with Crippen molar-refractivity contribution >= 4 is 29.2 Å². The van der Waals surface area contributed by atoms with Crippen LogP contribution >= 0.6 is 11.6 Å². The van der Waals surface area contributed by atoms with Crippen LogP contribution in [0.1, 0.15) is 33.1 Å². The summed E-state index contributed by atoms with van der Waals surface area (Å²) < 4.78 is 0. The Hall–Kier alpha value is -1.66. The van der Waals surface area contributed by atoms with Gasteiger partial charge in [-0.05, 0) is 30.9 Å². The smallest absolute Gasteiger partial charge is 0.239 e. The summed E-state index contributed by atoms with van der Waals surface area (Å²) in [7, 11) is 0. The molecule has 7 heteroatoms. The number of piperidine rings is 1. The fourth-order valence-corrected chi connectivity index (χ4v) is 2.89. The minimum absolute atomic E-state index is 0.0635. The maximum atomic E-state index is 12.5. The van der Waals surface area contributed by atoms with Crippen LogP contribution in [0.5, 0.6) is 0 Å². The molecule has 0 radical (unpaired) electrons. The van der Waals surface area contributed by atoms with Crippen molar-refractivity contribution in [1.82, 2.24) is 9.88 Å². The number of anilines is 1. The highest BCUT2D eigenvalue weighted by molar-refractivity contribution is 6.30. The van der Waals surface area contributed by atoms with E-state index in [1.165, 1.54) is 6.20 Å². The lowest BCUT2D eigenvalue weighted by molar-refractivity contribution is -0.136. The van der Waals surface area contributed by atoms with Crippen molar-refractivity contribution in [3.63, 3.8) is 0 Å². The van der Waals surface area contributed by atoms with E-state index in [-0.39, 0.29) is 23.7 Å². The predicted octanol–water partition coefficient (Wildman–Crippen LogP) is 2.29. The summed E-state index contributed by atoms with van der Waals surface area (Å²) in [6.45, 7) is 5.06. The van der Waals surface area contributed by atoms with Crippen LogP contribution in [0.15, 0.2) is 18.3 Å². The molecular weight excluding hydrogens is 328 g/mol. The summed E-state index contributed by atoms with van der Waals surface area (Å²) in [6.07, 6.45) is 3.89. The average molecular weight is 353 g/mol. The minimum atomic E-state index is -0.505. The monoisotopic (exact) mass is 352 g/mol. The van der Waals surface area contributed by atoms with Gasteiger partial charge in [-0.1, -0.05) is 31.9 Å². The van der Waals surface area contributed by atoms with Gasteiger partial charge in [0.1, 0.15) is 5.82 Å². The number of carbonyl (C=O) groups is 2. The third-order valence-corrected chi connectivity index (χ3v) is 4.85.